The zero-order valence-electron chi connectivity index (χ0n) is 27.0. The number of nitrogens with zero attached hydrogens (tertiary/aromatic N) is 2. The van der Waals surface area contributed by atoms with E-state index in [1.54, 1.807) is 17.4 Å². The number of aromatic hydroxyl groups is 1. The number of pyridine rings is 1. The van der Waals surface area contributed by atoms with Crippen LogP contribution in [-0.2, 0) is 21.1 Å². The van der Waals surface area contributed by atoms with Gasteiger partial charge < -0.3 is 5.11 Å². The van der Waals surface area contributed by atoms with Gasteiger partial charge in [0.2, 0.25) is 0 Å². The normalized spacial score (nSPS) is 12.7. The topological polar surface area (TPSA) is 46.0 Å². The third-order valence-corrected chi connectivity index (χ3v) is 9.41. The molecule has 1 N–H and O–H groups in total. The average molecular weight is 798 g/mol. The van der Waals surface area contributed by atoms with Gasteiger partial charge in [-0.15, -0.1) is 35.1 Å². The van der Waals surface area contributed by atoms with E-state index >= 15 is 0 Å². The summed E-state index contributed by atoms with van der Waals surface area (Å²) in [4.78, 5) is 9.93. The predicted molar refractivity (Wildman–Crippen MR) is 188 cm³/mol. The number of fused-ring (bicyclic) bond motifs is 1. The first-order chi connectivity index (χ1) is 22.2. The molecular weight excluding hydrogens is 764 g/mol. The van der Waals surface area contributed by atoms with Crippen LogP contribution >= 0.6 is 11.3 Å². The SMILES string of the molecule is [2H]C(C)(c1ccccc1)c1ccc(-c2[c-]c(-c3cccc4sc(-c5ccccc5O)nc34)cc(-c3c(C)cc(C)cc3C)c2)nc1.[Pt]. The quantitative estimate of drug-likeness (QED) is 0.171. The first-order valence-electron chi connectivity index (χ1n) is 15.6. The Balaban J connectivity index is 0.00000386. The first kappa shape index (κ1) is 30.3. The molecule has 2 heterocycles. The van der Waals surface area contributed by atoms with Crippen molar-refractivity contribution in [2.45, 2.75) is 33.6 Å². The van der Waals surface area contributed by atoms with Crippen molar-refractivity contribution in [3.63, 3.8) is 0 Å². The van der Waals surface area contributed by atoms with Gasteiger partial charge in [0.25, 0.3) is 0 Å². The van der Waals surface area contributed by atoms with Gasteiger partial charge in [-0.05, 0) is 66.8 Å². The summed E-state index contributed by atoms with van der Waals surface area (Å²) >= 11 is 1.57. The van der Waals surface area contributed by atoms with Crippen LogP contribution in [0.5, 0.6) is 5.75 Å². The van der Waals surface area contributed by atoms with Gasteiger partial charge in [-0.25, -0.2) is 4.98 Å². The molecular formula is C41H33N2OPtS-. The molecule has 1 unspecified atom stereocenters. The van der Waals surface area contributed by atoms with Crippen molar-refractivity contribution in [1.82, 2.24) is 9.97 Å². The number of hydrogen-bond donors (Lipinski definition) is 1. The maximum absolute atomic E-state index is 10.5. The third-order valence-electron chi connectivity index (χ3n) is 8.36. The minimum Gasteiger partial charge on any atom is -0.507 e. The second kappa shape index (κ2) is 13.2. The molecule has 0 radical (unpaired) electrons. The van der Waals surface area contributed by atoms with Crippen LogP contribution in [0.1, 0.15) is 42.0 Å². The Morgan fingerprint density at radius 2 is 1.46 bits per heavy atom. The van der Waals surface area contributed by atoms with Crippen molar-refractivity contribution in [1.29, 1.82) is 0 Å². The van der Waals surface area contributed by atoms with Crippen molar-refractivity contribution in [3.8, 4) is 49.8 Å². The summed E-state index contributed by atoms with van der Waals surface area (Å²) in [5.41, 5.74) is 12.9. The van der Waals surface area contributed by atoms with E-state index in [1.807, 2.05) is 73.8 Å². The Morgan fingerprint density at radius 3 is 2.17 bits per heavy atom. The maximum atomic E-state index is 10.5. The van der Waals surface area contributed by atoms with Crippen LogP contribution < -0.4 is 0 Å². The number of thiazole rings is 1. The fourth-order valence-electron chi connectivity index (χ4n) is 6.20. The summed E-state index contributed by atoms with van der Waals surface area (Å²) in [7, 11) is 0. The standard InChI is InChI=1S/C41H33N2OS.Pt/c1-25-19-26(2)39(27(3)20-25)33-22-31(34-14-10-16-38-40(34)43-41(45-38)35-13-8-9-15-37(35)44)21-32(23-33)36-18-17-30(24-42-36)28(4)29-11-6-5-7-12-29;/h5-20,22-24,28,44H,1-4H3;/q-1;/i28D;. The largest absolute Gasteiger partial charge is 0.507 e. The summed E-state index contributed by atoms with van der Waals surface area (Å²) in [6.07, 6.45) is 1.82. The molecule has 0 saturated carbocycles. The number of benzene rings is 5. The average Bonchev–Trinajstić information content (AvgIpc) is 3.49. The molecule has 1 atom stereocenters. The Labute approximate surface area is 290 Å². The monoisotopic (exact) mass is 797 g/mol. The molecule has 0 aliphatic rings. The van der Waals surface area contributed by atoms with Crippen LogP contribution in [0.25, 0.3) is 54.3 Å². The van der Waals surface area contributed by atoms with Crippen LogP contribution in [0.3, 0.4) is 0 Å². The minimum absolute atomic E-state index is 0. The van der Waals surface area contributed by atoms with E-state index in [0.717, 1.165) is 59.9 Å². The van der Waals surface area contributed by atoms with Crippen LogP contribution in [0.15, 0.2) is 115 Å². The fraction of sp³-hybridized carbons (Fsp3) is 0.122. The number of aromatic nitrogens is 2. The molecule has 0 bridgehead atoms. The molecule has 5 aromatic carbocycles. The van der Waals surface area contributed by atoms with E-state index in [4.69, 9.17) is 11.3 Å². The summed E-state index contributed by atoms with van der Waals surface area (Å²) in [5.74, 6) is -0.708. The molecule has 0 aliphatic heterocycles. The van der Waals surface area contributed by atoms with Crippen molar-refractivity contribution in [2.24, 2.45) is 0 Å². The number of rotatable bonds is 6. The number of phenols is 1. The molecule has 0 fully saturated rings. The van der Waals surface area contributed by atoms with Crippen molar-refractivity contribution in [3.05, 3.63) is 149 Å². The Bertz CT molecular complexity index is 2200. The van der Waals surface area contributed by atoms with Gasteiger partial charge in [0, 0.05) is 44.9 Å². The second-order valence-corrected chi connectivity index (χ2v) is 12.6. The summed E-state index contributed by atoms with van der Waals surface area (Å²) in [6, 6.07) is 39.9. The van der Waals surface area contributed by atoms with E-state index in [1.165, 1.54) is 22.3 Å². The Hall–Kier alpha value is -4.37. The zero-order valence-corrected chi connectivity index (χ0v) is 29.1. The van der Waals surface area contributed by atoms with Crippen LogP contribution in [-0.4, -0.2) is 15.1 Å². The van der Waals surface area contributed by atoms with Gasteiger partial charge in [0.1, 0.15) is 10.8 Å². The number of aryl methyl sites for hydroxylation is 3. The van der Waals surface area contributed by atoms with Gasteiger partial charge in [-0.1, -0.05) is 108 Å². The minimum atomic E-state index is -0.926. The van der Waals surface area contributed by atoms with Gasteiger partial charge in [-0.2, -0.15) is 0 Å². The predicted octanol–water partition coefficient (Wildman–Crippen LogP) is 10.9. The van der Waals surface area contributed by atoms with Crippen LogP contribution in [0, 0.1) is 26.8 Å². The molecule has 7 rings (SSSR count). The van der Waals surface area contributed by atoms with Gasteiger partial charge in [-0.3, -0.25) is 4.98 Å². The number of phenolic OH excluding ortho intramolecular Hbond substituents is 1. The number of hydrogen-bond acceptors (Lipinski definition) is 4. The molecule has 0 aliphatic carbocycles. The van der Waals surface area contributed by atoms with Gasteiger partial charge in [0.05, 0.1) is 11.1 Å². The van der Waals surface area contributed by atoms with E-state index in [9.17, 15) is 5.11 Å². The molecule has 7 aromatic rings. The van der Waals surface area contributed by atoms with Crippen LogP contribution in [0.2, 0.25) is 0 Å². The van der Waals surface area contributed by atoms with Crippen molar-refractivity contribution < 1.29 is 27.5 Å². The zero-order chi connectivity index (χ0) is 32.0. The van der Waals surface area contributed by atoms with Gasteiger partial charge in [0.15, 0.2) is 0 Å². The van der Waals surface area contributed by atoms with Crippen molar-refractivity contribution >= 4 is 21.6 Å². The molecule has 3 nitrogen and oxygen atoms in total. The van der Waals surface area contributed by atoms with E-state index < -0.39 is 5.89 Å². The molecule has 0 amide bonds. The molecule has 46 heavy (non-hydrogen) atoms. The molecule has 230 valence electrons. The summed E-state index contributed by atoms with van der Waals surface area (Å²) < 4.78 is 10.2. The van der Waals surface area contributed by atoms with Crippen molar-refractivity contribution in [2.75, 3.05) is 0 Å². The Kier molecular flexibility index (Phi) is 8.67. The second-order valence-electron chi connectivity index (χ2n) is 11.6. The summed E-state index contributed by atoms with van der Waals surface area (Å²) in [6.45, 7) is 8.37. The first-order valence-corrected chi connectivity index (χ1v) is 15.9. The maximum Gasteiger partial charge on any atom is 0.127 e. The van der Waals surface area contributed by atoms with Gasteiger partial charge >= 0.3 is 0 Å². The van der Waals surface area contributed by atoms with E-state index in [2.05, 4.69) is 69.3 Å². The molecule has 5 heteroatoms. The summed E-state index contributed by atoms with van der Waals surface area (Å²) in [5, 5.41) is 11.3. The molecule has 0 spiro atoms. The molecule has 2 aromatic heterocycles. The van der Waals surface area contributed by atoms with Crippen LogP contribution in [0.4, 0.5) is 0 Å². The number of para-hydroxylation sites is 2. The van der Waals surface area contributed by atoms with E-state index in [0.29, 0.717) is 0 Å². The van der Waals surface area contributed by atoms with E-state index in [-0.39, 0.29) is 26.8 Å². The smallest absolute Gasteiger partial charge is 0.127 e. The third kappa shape index (κ3) is 6.08. The fourth-order valence-corrected chi connectivity index (χ4v) is 7.22. The Morgan fingerprint density at radius 1 is 0.761 bits per heavy atom. The molecule has 0 saturated heterocycles.